The van der Waals surface area contributed by atoms with E-state index >= 15 is 0 Å². The first kappa shape index (κ1) is 21.3. The lowest BCUT2D eigenvalue weighted by molar-refractivity contribution is -0.145. The number of rotatable bonds is 10. The summed E-state index contributed by atoms with van der Waals surface area (Å²) in [6, 6.07) is 4.03. The third kappa shape index (κ3) is 7.46. The normalized spacial score (nSPS) is 12.6. The number of esters is 1. The number of benzene rings is 1. The van der Waals surface area contributed by atoms with Crippen LogP contribution >= 0.6 is 0 Å². The molecular formula is C19H25FN2O4. The maximum Gasteiger partial charge on any atom is 0.328 e. The molecule has 0 aliphatic carbocycles. The van der Waals surface area contributed by atoms with E-state index in [9.17, 15) is 18.8 Å². The molecule has 1 rings (SSSR count). The van der Waals surface area contributed by atoms with Gasteiger partial charge in [0.25, 0.3) is 0 Å². The second-order valence-corrected chi connectivity index (χ2v) is 5.89. The Balaban J connectivity index is 2.86. The summed E-state index contributed by atoms with van der Waals surface area (Å²) in [7, 11) is 1.24. The van der Waals surface area contributed by atoms with Gasteiger partial charge in [0, 0.05) is 13.3 Å². The average Bonchev–Trinajstić information content (AvgIpc) is 2.59. The summed E-state index contributed by atoms with van der Waals surface area (Å²) in [6.07, 6.45) is 3.56. The molecule has 0 aliphatic heterocycles. The van der Waals surface area contributed by atoms with Crippen LogP contribution < -0.4 is 10.6 Å². The molecule has 0 saturated carbocycles. The number of carbonyl (C=O) groups is 3. The number of amides is 2. The number of nitrogens with one attached hydrogen (secondary N) is 2. The number of carbonyl (C=O) groups excluding carboxylic acids is 3. The molecule has 0 aromatic heterocycles. The van der Waals surface area contributed by atoms with Crippen molar-refractivity contribution in [3.8, 4) is 0 Å². The van der Waals surface area contributed by atoms with Gasteiger partial charge in [0.2, 0.25) is 11.8 Å². The summed E-state index contributed by atoms with van der Waals surface area (Å²) in [4.78, 5) is 35.9. The van der Waals surface area contributed by atoms with Crippen LogP contribution in [-0.4, -0.2) is 37.0 Å². The molecule has 2 amide bonds. The molecule has 0 radical (unpaired) electrons. The topological polar surface area (TPSA) is 84.5 Å². The van der Waals surface area contributed by atoms with Crippen molar-refractivity contribution in [2.45, 2.75) is 44.7 Å². The lowest BCUT2D eigenvalue weighted by Gasteiger charge is -2.22. The maximum absolute atomic E-state index is 13.4. The van der Waals surface area contributed by atoms with Gasteiger partial charge in [-0.1, -0.05) is 18.2 Å². The van der Waals surface area contributed by atoms with E-state index in [1.54, 1.807) is 12.1 Å². The van der Waals surface area contributed by atoms with E-state index in [0.717, 1.165) is 0 Å². The molecule has 0 fully saturated rings. The van der Waals surface area contributed by atoms with E-state index in [1.807, 2.05) is 0 Å². The second-order valence-electron chi connectivity index (χ2n) is 5.89. The minimum atomic E-state index is -0.930. The lowest BCUT2D eigenvalue weighted by atomic mass is 10.0. The van der Waals surface area contributed by atoms with Crippen LogP contribution in [-0.2, 0) is 25.5 Å². The maximum atomic E-state index is 13.4. The van der Waals surface area contributed by atoms with Gasteiger partial charge in [-0.25, -0.2) is 9.18 Å². The zero-order chi connectivity index (χ0) is 19.5. The molecule has 1 aromatic carbocycles. The van der Waals surface area contributed by atoms with Gasteiger partial charge in [0.05, 0.1) is 7.11 Å². The van der Waals surface area contributed by atoms with Crippen LogP contribution in [0.25, 0.3) is 0 Å². The van der Waals surface area contributed by atoms with E-state index in [2.05, 4.69) is 17.2 Å². The third-order valence-electron chi connectivity index (χ3n) is 3.73. The molecular weight excluding hydrogens is 339 g/mol. The molecule has 1 aromatic rings. The van der Waals surface area contributed by atoms with Crippen molar-refractivity contribution in [1.82, 2.24) is 10.6 Å². The highest BCUT2D eigenvalue weighted by Gasteiger charge is 2.26. The Morgan fingerprint density at radius 1 is 1.27 bits per heavy atom. The van der Waals surface area contributed by atoms with Gasteiger partial charge in [-0.15, -0.1) is 6.58 Å². The molecule has 0 unspecified atom stereocenters. The van der Waals surface area contributed by atoms with Gasteiger partial charge in [-0.3, -0.25) is 9.59 Å². The fourth-order valence-corrected chi connectivity index (χ4v) is 2.48. The highest BCUT2D eigenvalue weighted by Crippen LogP contribution is 2.09. The van der Waals surface area contributed by atoms with Crippen LogP contribution in [0.1, 0.15) is 31.7 Å². The van der Waals surface area contributed by atoms with Crippen molar-refractivity contribution >= 4 is 17.8 Å². The zero-order valence-corrected chi connectivity index (χ0v) is 15.1. The Bertz CT molecular complexity index is 648. The zero-order valence-electron chi connectivity index (χ0n) is 15.1. The van der Waals surface area contributed by atoms with Crippen LogP contribution in [0.5, 0.6) is 0 Å². The molecule has 26 heavy (non-hydrogen) atoms. The molecule has 2 N–H and O–H groups in total. The van der Waals surface area contributed by atoms with Crippen LogP contribution in [0.4, 0.5) is 4.39 Å². The summed E-state index contributed by atoms with van der Waals surface area (Å²) in [6.45, 7) is 4.90. The van der Waals surface area contributed by atoms with Crippen molar-refractivity contribution in [3.63, 3.8) is 0 Å². The van der Waals surface area contributed by atoms with Crippen LogP contribution in [0.15, 0.2) is 36.9 Å². The average molecular weight is 364 g/mol. The van der Waals surface area contributed by atoms with Gasteiger partial charge < -0.3 is 15.4 Å². The minimum absolute atomic E-state index is 0.101. The fraction of sp³-hybridized carbons (Fsp3) is 0.421. The number of unbranched alkanes of at least 4 members (excludes halogenated alkanes) is 1. The second kappa shape index (κ2) is 11.0. The van der Waals surface area contributed by atoms with Crippen LogP contribution in [0, 0.1) is 5.82 Å². The summed E-state index contributed by atoms with van der Waals surface area (Å²) < 4.78 is 18.1. The molecule has 7 heteroatoms. The first-order valence-corrected chi connectivity index (χ1v) is 8.38. The summed E-state index contributed by atoms with van der Waals surface area (Å²) >= 11 is 0. The van der Waals surface area contributed by atoms with Crippen LogP contribution in [0.2, 0.25) is 0 Å². The monoisotopic (exact) mass is 364 g/mol. The van der Waals surface area contributed by atoms with E-state index in [0.29, 0.717) is 24.8 Å². The minimum Gasteiger partial charge on any atom is -0.467 e. The highest BCUT2D eigenvalue weighted by molar-refractivity contribution is 5.90. The summed E-state index contributed by atoms with van der Waals surface area (Å²) in [5, 5.41) is 5.15. The summed E-state index contributed by atoms with van der Waals surface area (Å²) in [5.74, 6) is -1.92. The first-order chi connectivity index (χ1) is 12.4. The van der Waals surface area contributed by atoms with Crippen molar-refractivity contribution in [1.29, 1.82) is 0 Å². The van der Waals surface area contributed by atoms with E-state index < -0.39 is 35.7 Å². The fourth-order valence-electron chi connectivity index (χ4n) is 2.48. The Morgan fingerprint density at radius 2 is 2.00 bits per heavy atom. The largest absolute Gasteiger partial charge is 0.467 e. The Hall–Kier alpha value is -2.70. The lowest BCUT2D eigenvalue weighted by Crippen LogP contribution is -2.52. The molecule has 0 bridgehead atoms. The molecule has 142 valence electrons. The molecule has 0 saturated heterocycles. The Morgan fingerprint density at radius 3 is 2.58 bits per heavy atom. The van der Waals surface area contributed by atoms with E-state index in [1.165, 1.54) is 32.2 Å². The van der Waals surface area contributed by atoms with Gasteiger partial charge in [-0.2, -0.15) is 0 Å². The van der Waals surface area contributed by atoms with Crippen molar-refractivity contribution in [3.05, 3.63) is 48.3 Å². The molecule has 6 nitrogen and oxygen atoms in total. The quantitative estimate of drug-likeness (QED) is 0.377. The van der Waals surface area contributed by atoms with E-state index in [4.69, 9.17) is 4.74 Å². The first-order valence-electron chi connectivity index (χ1n) is 8.38. The van der Waals surface area contributed by atoms with Crippen LogP contribution in [0.3, 0.4) is 0 Å². The predicted molar refractivity (Wildman–Crippen MR) is 95.7 cm³/mol. The SMILES string of the molecule is C=CCCC[C@@H](NC(=O)[C@H](Cc1cccc(F)c1)NC(C)=O)C(=O)OC. The van der Waals surface area contributed by atoms with E-state index in [-0.39, 0.29) is 6.42 Å². The predicted octanol–water partition coefficient (Wildman–Crippen LogP) is 1.89. The van der Waals surface area contributed by atoms with Gasteiger partial charge >= 0.3 is 5.97 Å². The number of ether oxygens (including phenoxy) is 1. The molecule has 2 atom stereocenters. The number of methoxy groups -OCH3 is 1. The molecule has 0 aliphatic rings. The number of hydrogen-bond acceptors (Lipinski definition) is 4. The van der Waals surface area contributed by atoms with Gasteiger partial charge in [0.15, 0.2) is 0 Å². The van der Waals surface area contributed by atoms with Crippen molar-refractivity contribution in [2.75, 3.05) is 7.11 Å². The van der Waals surface area contributed by atoms with Crippen molar-refractivity contribution < 1.29 is 23.5 Å². The molecule has 0 spiro atoms. The standard InChI is InChI=1S/C19H25FN2O4/c1-4-5-6-10-16(19(25)26-3)22-18(24)17(21-13(2)23)12-14-8-7-9-15(20)11-14/h4,7-9,11,16-17H,1,5-6,10,12H2,2-3H3,(H,21,23)(H,22,24)/t16-,17+/m1/s1. The smallest absolute Gasteiger partial charge is 0.328 e. The van der Waals surface area contributed by atoms with Gasteiger partial charge in [-0.05, 0) is 37.0 Å². The van der Waals surface area contributed by atoms with Crippen molar-refractivity contribution in [2.24, 2.45) is 0 Å². The number of hydrogen-bond donors (Lipinski definition) is 2. The number of halogens is 1. The number of allylic oxidation sites excluding steroid dienone is 1. The molecule has 0 heterocycles. The third-order valence-corrected chi connectivity index (χ3v) is 3.73. The van der Waals surface area contributed by atoms with Gasteiger partial charge in [0.1, 0.15) is 17.9 Å². The summed E-state index contributed by atoms with van der Waals surface area (Å²) in [5.41, 5.74) is 0.556. The highest BCUT2D eigenvalue weighted by atomic mass is 19.1. The Kier molecular flexibility index (Phi) is 9.05. The Labute approximate surface area is 152 Å².